The Hall–Kier alpha value is -3.27. The van der Waals surface area contributed by atoms with Crippen molar-refractivity contribution in [2.24, 2.45) is 0 Å². The fraction of sp³-hybridized carbons (Fsp3) is 0.190. The molecule has 1 heterocycles. The van der Waals surface area contributed by atoms with Crippen LogP contribution in [0.4, 0.5) is 22.0 Å². The fourth-order valence-corrected chi connectivity index (χ4v) is 2.76. The number of aryl methyl sites for hydroxylation is 1. The van der Waals surface area contributed by atoms with Crippen molar-refractivity contribution in [3.8, 4) is 11.5 Å². The molecule has 0 bridgehead atoms. The minimum Gasteiger partial charge on any atom is -0.453 e. The lowest BCUT2D eigenvalue weighted by Crippen LogP contribution is -2.35. The van der Waals surface area contributed by atoms with Crippen LogP contribution in [0.15, 0.2) is 54.7 Å². The summed E-state index contributed by atoms with van der Waals surface area (Å²) in [6.07, 6.45) is -3.52. The number of carbonyl (C=O) groups excluding carboxylic acids is 1. The van der Waals surface area contributed by atoms with Gasteiger partial charge in [0.2, 0.25) is 0 Å². The second-order valence-corrected chi connectivity index (χ2v) is 7.09. The maximum atomic E-state index is 14.4. The summed E-state index contributed by atoms with van der Waals surface area (Å²) in [4.78, 5) is 20.3. The average Bonchev–Trinajstić information content (AvgIpc) is 2.73. The molecule has 1 N–H and O–H groups in total. The lowest BCUT2D eigenvalue weighted by atomic mass is 10.1. The zero-order valence-electron chi connectivity index (χ0n) is 16.4. The van der Waals surface area contributed by atoms with Crippen molar-refractivity contribution in [1.29, 1.82) is 0 Å². The Balaban J connectivity index is 1.80. The number of aromatic nitrogens is 2. The molecule has 0 atom stereocenters. The second kappa shape index (κ2) is 9.07. The Labute approximate surface area is 184 Å². The third-order valence-corrected chi connectivity index (χ3v) is 4.47. The molecule has 3 aromatic rings. The van der Waals surface area contributed by atoms with E-state index in [1.165, 1.54) is 25.1 Å². The Morgan fingerprint density at radius 3 is 2.41 bits per heavy atom. The molecule has 0 aliphatic rings. The molecule has 5 nitrogen and oxygen atoms in total. The van der Waals surface area contributed by atoms with Gasteiger partial charge in [-0.15, -0.1) is 0 Å². The van der Waals surface area contributed by atoms with Crippen LogP contribution in [0.25, 0.3) is 0 Å². The van der Waals surface area contributed by atoms with E-state index in [1.54, 1.807) is 0 Å². The van der Waals surface area contributed by atoms with Gasteiger partial charge >= 0.3 is 6.18 Å². The summed E-state index contributed by atoms with van der Waals surface area (Å²) in [5, 5.41) is 2.35. The molecule has 11 heteroatoms. The Bertz CT molecular complexity index is 1120. The zero-order valence-corrected chi connectivity index (χ0v) is 17.1. The fourth-order valence-electron chi connectivity index (χ4n) is 2.63. The number of hydrogen-bond donors (Lipinski definition) is 1. The Morgan fingerprint density at radius 1 is 1.06 bits per heavy atom. The minimum absolute atomic E-state index is 0.135. The van der Waals surface area contributed by atoms with Gasteiger partial charge in [0.25, 0.3) is 11.8 Å². The van der Waals surface area contributed by atoms with Crippen molar-refractivity contribution in [3.63, 3.8) is 0 Å². The molecule has 0 spiro atoms. The van der Waals surface area contributed by atoms with Gasteiger partial charge in [0.15, 0.2) is 11.4 Å². The first-order valence-electron chi connectivity index (χ1n) is 9.06. The Kier molecular flexibility index (Phi) is 6.63. The van der Waals surface area contributed by atoms with Gasteiger partial charge in [0.05, 0.1) is 18.3 Å². The summed E-state index contributed by atoms with van der Waals surface area (Å²) in [5.41, 5.74) is -1.72. The monoisotopic (exact) mass is 471 g/mol. The molecule has 0 fully saturated rings. The highest BCUT2D eigenvalue weighted by Gasteiger charge is 2.33. The summed E-state index contributed by atoms with van der Waals surface area (Å²) in [6, 6.07) is 8.80. The molecule has 0 radical (unpaired) electrons. The van der Waals surface area contributed by atoms with Crippen molar-refractivity contribution >= 4 is 17.5 Å². The maximum absolute atomic E-state index is 14.4. The van der Waals surface area contributed by atoms with Crippen molar-refractivity contribution in [1.82, 2.24) is 15.3 Å². The van der Waals surface area contributed by atoms with E-state index in [-0.39, 0.29) is 27.9 Å². The molecule has 2 aromatic carbocycles. The van der Waals surface area contributed by atoms with Crippen molar-refractivity contribution in [3.05, 3.63) is 82.4 Å². The van der Waals surface area contributed by atoms with Crippen LogP contribution in [-0.4, -0.2) is 22.4 Å². The van der Waals surface area contributed by atoms with E-state index in [1.807, 2.05) is 0 Å². The number of alkyl halides is 5. The van der Waals surface area contributed by atoms with Crippen LogP contribution in [0.2, 0.25) is 5.02 Å². The first kappa shape index (κ1) is 23.4. The summed E-state index contributed by atoms with van der Waals surface area (Å²) in [5.74, 6) is -4.80. The topological polar surface area (TPSA) is 64.1 Å². The molecule has 0 unspecified atom stereocenters. The molecule has 1 amide bonds. The van der Waals surface area contributed by atoms with Gasteiger partial charge in [0.1, 0.15) is 11.6 Å². The van der Waals surface area contributed by atoms with Crippen LogP contribution in [0.1, 0.15) is 27.4 Å². The van der Waals surface area contributed by atoms with E-state index in [2.05, 4.69) is 15.3 Å². The van der Waals surface area contributed by atoms with Gasteiger partial charge < -0.3 is 10.1 Å². The van der Waals surface area contributed by atoms with Crippen LogP contribution in [0.5, 0.6) is 11.5 Å². The third kappa shape index (κ3) is 5.70. The van der Waals surface area contributed by atoms with Gasteiger partial charge in [0, 0.05) is 10.6 Å². The van der Waals surface area contributed by atoms with Gasteiger partial charge in [-0.05, 0) is 37.3 Å². The number of nitrogens with zero attached hydrogens (tertiary/aromatic N) is 2. The summed E-state index contributed by atoms with van der Waals surface area (Å²) in [7, 11) is 0. The van der Waals surface area contributed by atoms with E-state index in [0.29, 0.717) is 0 Å². The normalized spacial score (nSPS) is 11.8. The number of rotatable bonds is 6. The van der Waals surface area contributed by atoms with E-state index in [9.17, 15) is 26.7 Å². The molecule has 168 valence electrons. The molecular formula is C21H15ClF5N3O2. The minimum atomic E-state index is -4.60. The van der Waals surface area contributed by atoms with E-state index in [0.717, 1.165) is 36.5 Å². The quantitative estimate of drug-likeness (QED) is 0.463. The first-order chi connectivity index (χ1) is 15.0. The number of ether oxygens (including phenoxy) is 1. The van der Waals surface area contributed by atoms with Gasteiger partial charge in [-0.25, -0.2) is 9.97 Å². The van der Waals surface area contributed by atoms with E-state index >= 15 is 0 Å². The average molecular weight is 472 g/mol. The summed E-state index contributed by atoms with van der Waals surface area (Å²) < 4.78 is 73.0. The highest BCUT2D eigenvalue weighted by atomic mass is 35.5. The van der Waals surface area contributed by atoms with Gasteiger partial charge in [-0.3, -0.25) is 4.79 Å². The SMILES string of the molecule is Cc1ncc(Oc2cccc(C(F)(F)F)c2)c(C(=O)NCC(F)(F)c2ccc(Cl)cc2)n1. The molecule has 3 rings (SSSR count). The number of benzene rings is 2. The standard InChI is InChI=1S/C21H15ClF5N3O2/c1-12-28-10-17(32-16-4-2-3-14(9-16)21(25,26)27)18(30-12)19(31)29-11-20(23,24)13-5-7-15(22)8-6-13/h2-10H,11H2,1H3,(H,29,31). The van der Waals surface area contributed by atoms with E-state index < -0.39 is 35.8 Å². The lowest BCUT2D eigenvalue weighted by Gasteiger charge is -2.18. The van der Waals surface area contributed by atoms with Crippen LogP contribution >= 0.6 is 11.6 Å². The highest BCUT2D eigenvalue weighted by molar-refractivity contribution is 6.30. The lowest BCUT2D eigenvalue weighted by molar-refractivity contribution is -0.137. The molecular weight excluding hydrogens is 457 g/mol. The van der Waals surface area contributed by atoms with Crippen LogP contribution in [-0.2, 0) is 12.1 Å². The molecule has 0 aliphatic heterocycles. The Morgan fingerprint density at radius 2 is 1.75 bits per heavy atom. The smallest absolute Gasteiger partial charge is 0.416 e. The van der Waals surface area contributed by atoms with Crippen molar-refractivity contribution in [2.75, 3.05) is 6.54 Å². The second-order valence-electron chi connectivity index (χ2n) is 6.65. The summed E-state index contributed by atoms with van der Waals surface area (Å²) >= 11 is 5.70. The number of halogens is 6. The predicted molar refractivity (Wildman–Crippen MR) is 106 cm³/mol. The number of carbonyl (C=O) groups is 1. The number of nitrogens with one attached hydrogen (secondary N) is 1. The van der Waals surface area contributed by atoms with Crippen LogP contribution in [0, 0.1) is 6.92 Å². The largest absolute Gasteiger partial charge is 0.453 e. The van der Waals surface area contributed by atoms with Gasteiger partial charge in [-0.1, -0.05) is 29.8 Å². The first-order valence-corrected chi connectivity index (χ1v) is 9.44. The predicted octanol–water partition coefficient (Wildman–Crippen LogP) is 5.77. The molecule has 0 saturated carbocycles. The van der Waals surface area contributed by atoms with Crippen LogP contribution in [0.3, 0.4) is 0 Å². The zero-order chi connectivity index (χ0) is 23.5. The van der Waals surface area contributed by atoms with E-state index in [4.69, 9.17) is 16.3 Å². The van der Waals surface area contributed by atoms with Crippen LogP contribution < -0.4 is 10.1 Å². The molecule has 0 aliphatic carbocycles. The summed E-state index contributed by atoms with van der Waals surface area (Å²) in [6.45, 7) is 0.396. The maximum Gasteiger partial charge on any atom is 0.416 e. The third-order valence-electron chi connectivity index (χ3n) is 4.22. The molecule has 1 aromatic heterocycles. The highest BCUT2D eigenvalue weighted by Crippen LogP contribution is 2.33. The number of amides is 1. The van der Waals surface area contributed by atoms with Crippen molar-refractivity contribution < 1.29 is 31.5 Å². The van der Waals surface area contributed by atoms with Gasteiger partial charge in [-0.2, -0.15) is 22.0 Å². The number of hydrogen-bond acceptors (Lipinski definition) is 4. The molecule has 0 saturated heterocycles. The van der Waals surface area contributed by atoms with Crippen molar-refractivity contribution in [2.45, 2.75) is 19.0 Å². The molecule has 32 heavy (non-hydrogen) atoms.